The van der Waals surface area contributed by atoms with E-state index in [9.17, 15) is 9.50 Å². The highest BCUT2D eigenvalue weighted by Crippen LogP contribution is 2.30. The molecule has 1 N–H and O–H groups in total. The Morgan fingerprint density at radius 3 is 2.55 bits per heavy atom. The Balaban J connectivity index is 2.47. The molecular weight excluding hydrogens is 255 g/mol. The van der Waals surface area contributed by atoms with Crippen molar-refractivity contribution in [1.82, 2.24) is 9.47 Å². The molecule has 0 amide bonds. The fourth-order valence-corrected chi connectivity index (χ4v) is 2.69. The van der Waals surface area contributed by atoms with Gasteiger partial charge in [-0.25, -0.2) is 4.39 Å². The van der Waals surface area contributed by atoms with Crippen LogP contribution in [0.2, 0.25) is 0 Å². The van der Waals surface area contributed by atoms with E-state index in [1.54, 1.807) is 6.92 Å². The molecule has 0 bridgehead atoms. The molecule has 0 fully saturated rings. The zero-order chi connectivity index (χ0) is 14.9. The molecule has 2 aromatic rings. The van der Waals surface area contributed by atoms with Crippen LogP contribution in [0.5, 0.6) is 0 Å². The van der Waals surface area contributed by atoms with Crippen LogP contribution in [0.3, 0.4) is 0 Å². The van der Waals surface area contributed by atoms with E-state index < -0.39 is 6.10 Å². The Bertz CT molecular complexity index is 602. The third-order valence-electron chi connectivity index (χ3n) is 4.16. The van der Waals surface area contributed by atoms with Gasteiger partial charge in [-0.05, 0) is 31.6 Å². The standard InChI is InChI=1S/C16H23FN2O/c1-5-19(6-2)10-14(20)12-8-7-9-13-15(12)16(17)11(3)18(13)4/h7-9,14,20H,5-6,10H2,1-4H3. The number of nitrogens with zero attached hydrogens (tertiary/aromatic N) is 2. The lowest BCUT2D eigenvalue weighted by atomic mass is 10.0. The molecule has 0 aliphatic carbocycles. The number of aliphatic hydroxyl groups is 1. The van der Waals surface area contributed by atoms with Crippen molar-refractivity contribution in [2.75, 3.05) is 19.6 Å². The van der Waals surface area contributed by atoms with E-state index in [2.05, 4.69) is 18.7 Å². The molecule has 1 heterocycles. The zero-order valence-corrected chi connectivity index (χ0v) is 12.7. The van der Waals surface area contributed by atoms with E-state index in [4.69, 9.17) is 0 Å². The third kappa shape index (κ3) is 2.45. The van der Waals surface area contributed by atoms with Crippen molar-refractivity contribution in [2.24, 2.45) is 7.05 Å². The number of aryl methyl sites for hydroxylation is 1. The lowest BCUT2D eigenvalue weighted by molar-refractivity contribution is 0.120. The van der Waals surface area contributed by atoms with Crippen molar-refractivity contribution in [2.45, 2.75) is 26.9 Å². The summed E-state index contributed by atoms with van der Waals surface area (Å²) >= 11 is 0. The third-order valence-corrected chi connectivity index (χ3v) is 4.16. The monoisotopic (exact) mass is 278 g/mol. The molecular formula is C16H23FN2O. The van der Waals surface area contributed by atoms with Gasteiger partial charge in [0.05, 0.1) is 17.3 Å². The smallest absolute Gasteiger partial charge is 0.151 e. The SMILES string of the molecule is CCN(CC)CC(O)c1cccc2c1c(F)c(C)n2C. The highest BCUT2D eigenvalue weighted by molar-refractivity contribution is 5.86. The molecule has 110 valence electrons. The van der Waals surface area contributed by atoms with Crippen LogP contribution >= 0.6 is 0 Å². The summed E-state index contributed by atoms with van der Waals surface area (Å²) in [6.07, 6.45) is -0.671. The summed E-state index contributed by atoms with van der Waals surface area (Å²) in [5.74, 6) is -0.225. The predicted octanol–water partition coefficient (Wildman–Crippen LogP) is 3.00. The van der Waals surface area contributed by atoms with Crippen molar-refractivity contribution in [3.63, 3.8) is 0 Å². The van der Waals surface area contributed by atoms with E-state index in [-0.39, 0.29) is 5.82 Å². The summed E-state index contributed by atoms with van der Waals surface area (Å²) in [5.41, 5.74) is 2.11. The number of fused-ring (bicyclic) bond motifs is 1. The van der Waals surface area contributed by atoms with Crippen LogP contribution in [0.4, 0.5) is 4.39 Å². The number of aromatic nitrogens is 1. The van der Waals surface area contributed by atoms with Crippen LogP contribution in [0, 0.1) is 12.7 Å². The number of likely N-dealkylation sites (N-methyl/N-ethyl adjacent to an activating group) is 1. The van der Waals surface area contributed by atoms with Crippen molar-refractivity contribution in [3.05, 3.63) is 35.3 Å². The molecule has 0 aliphatic rings. The van der Waals surface area contributed by atoms with Crippen LogP contribution in [0.25, 0.3) is 10.9 Å². The fourth-order valence-electron chi connectivity index (χ4n) is 2.69. The molecule has 0 aliphatic heterocycles. The second kappa shape index (κ2) is 5.94. The molecule has 1 atom stereocenters. The molecule has 4 heteroatoms. The van der Waals surface area contributed by atoms with Gasteiger partial charge in [-0.2, -0.15) is 0 Å². The average Bonchev–Trinajstić information content (AvgIpc) is 2.69. The molecule has 0 radical (unpaired) electrons. The fraction of sp³-hybridized carbons (Fsp3) is 0.500. The van der Waals surface area contributed by atoms with E-state index >= 15 is 0 Å². The van der Waals surface area contributed by atoms with Gasteiger partial charge >= 0.3 is 0 Å². The number of benzene rings is 1. The van der Waals surface area contributed by atoms with E-state index in [0.717, 1.165) is 18.6 Å². The highest BCUT2D eigenvalue weighted by Gasteiger charge is 2.20. The molecule has 0 saturated heterocycles. The van der Waals surface area contributed by atoms with Gasteiger partial charge in [0.2, 0.25) is 0 Å². The van der Waals surface area contributed by atoms with Crippen molar-refractivity contribution in [3.8, 4) is 0 Å². The number of halogens is 1. The van der Waals surface area contributed by atoms with Gasteiger partial charge in [0.1, 0.15) is 0 Å². The van der Waals surface area contributed by atoms with E-state index in [1.807, 2.05) is 29.8 Å². The maximum Gasteiger partial charge on any atom is 0.151 e. The minimum absolute atomic E-state index is 0.225. The first-order chi connectivity index (χ1) is 9.51. The van der Waals surface area contributed by atoms with E-state index in [1.165, 1.54) is 0 Å². The van der Waals surface area contributed by atoms with Gasteiger partial charge in [0.15, 0.2) is 5.82 Å². The Morgan fingerprint density at radius 2 is 1.95 bits per heavy atom. The number of rotatable bonds is 5. The Hall–Kier alpha value is -1.39. The normalized spacial score (nSPS) is 13.3. The molecule has 1 aromatic heterocycles. The topological polar surface area (TPSA) is 28.4 Å². The molecule has 0 spiro atoms. The molecule has 20 heavy (non-hydrogen) atoms. The average molecular weight is 278 g/mol. The first kappa shape index (κ1) is 15.0. The summed E-state index contributed by atoms with van der Waals surface area (Å²) in [6.45, 7) is 8.16. The summed E-state index contributed by atoms with van der Waals surface area (Å²) in [5, 5.41) is 11.0. The number of aliphatic hydroxyl groups excluding tert-OH is 1. The molecule has 2 rings (SSSR count). The van der Waals surface area contributed by atoms with Gasteiger partial charge in [-0.1, -0.05) is 26.0 Å². The molecule has 3 nitrogen and oxygen atoms in total. The lowest BCUT2D eigenvalue weighted by Gasteiger charge is -2.22. The minimum atomic E-state index is -0.671. The first-order valence-electron chi connectivity index (χ1n) is 7.15. The summed E-state index contributed by atoms with van der Waals surface area (Å²) in [6, 6.07) is 5.58. The quantitative estimate of drug-likeness (QED) is 0.910. The Labute approximate surface area is 119 Å². The summed E-state index contributed by atoms with van der Waals surface area (Å²) < 4.78 is 16.2. The van der Waals surface area contributed by atoms with Crippen molar-refractivity contribution < 1.29 is 9.50 Å². The van der Waals surface area contributed by atoms with Gasteiger partial charge < -0.3 is 14.6 Å². The van der Waals surface area contributed by atoms with Crippen LogP contribution < -0.4 is 0 Å². The van der Waals surface area contributed by atoms with Crippen LogP contribution in [-0.2, 0) is 7.05 Å². The maximum absolute atomic E-state index is 14.4. The van der Waals surface area contributed by atoms with Crippen LogP contribution in [0.1, 0.15) is 31.2 Å². The Kier molecular flexibility index (Phi) is 4.45. The van der Waals surface area contributed by atoms with Crippen molar-refractivity contribution in [1.29, 1.82) is 0 Å². The molecule has 1 unspecified atom stereocenters. The van der Waals surface area contributed by atoms with Crippen molar-refractivity contribution >= 4 is 10.9 Å². The van der Waals surface area contributed by atoms with Gasteiger partial charge in [0.25, 0.3) is 0 Å². The first-order valence-corrected chi connectivity index (χ1v) is 7.15. The predicted molar refractivity (Wildman–Crippen MR) is 80.4 cm³/mol. The molecule has 0 saturated carbocycles. The Morgan fingerprint density at radius 1 is 1.30 bits per heavy atom. The largest absolute Gasteiger partial charge is 0.387 e. The summed E-state index contributed by atoms with van der Waals surface area (Å²) in [7, 11) is 1.85. The summed E-state index contributed by atoms with van der Waals surface area (Å²) in [4.78, 5) is 2.14. The van der Waals surface area contributed by atoms with Crippen LogP contribution in [0.15, 0.2) is 18.2 Å². The van der Waals surface area contributed by atoms with Gasteiger partial charge in [0, 0.05) is 19.0 Å². The second-order valence-electron chi connectivity index (χ2n) is 5.20. The van der Waals surface area contributed by atoms with Crippen LogP contribution in [-0.4, -0.2) is 34.2 Å². The lowest BCUT2D eigenvalue weighted by Crippen LogP contribution is -2.28. The van der Waals surface area contributed by atoms with Gasteiger partial charge in [-0.3, -0.25) is 0 Å². The second-order valence-corrected chi connectivity index (χ2v) is 5.20. The highest BCUT2D eigenvalue weighted by atomic mass is 19.1. The molecule has 1 aromatic carbocycles. The van der Waals surface area contributed by atoms with E-state index in [0.29, 0.717) is 23.2 Å². The maximum atomic E-state index is 14.4. The minimum Gasteiger partial charge on any atom is -0.387 e. The van der Waals surface area contributed by atoms with Gasteiger partial charge in [-0.15, -0.1) is 0 Å². The number of hydrogen-bond donors (Lipinski definition) is 1. The zero-order valence-electron chi connectivity index (χ0n) is 12.7. The number of hydrogen-bond acceptors (Lipinski definition) is 2.